The van der Waals surface area contributed by atoms with Crippen molar-refractivity contribution in [1.82, 2.24) is 9.97 Å². The SMILES string of the molecule is COc1nc2c(nc1OC)N(Cl)CS2. The maximum absolute atomic E-state index is 5.88. The summed E-state index contributed by atoms with van der Waals surface area (Å²) >= 11 is 7.39. The lowest BCUT2D eigenvalue weighted by molar-refractivity contribution is 0.329. The molecule has 0 saturated carbocycles. The third-order valence-electron chi connectivity index (χ3n) is 1.72. The summed E-state index contributed by atoms with van der Waals surface area (Å²) in [7, 11) is 3.04. The average Bonchev–Trinajstić information content (AvgIpc) is 2.58. The van der Waals surface area contributed by atoms with E-state index in [-0.39, 0.29) is 0 Å². The molecule has 0 spiro atoms. The molecule has 0 unspecified atom stereocenters. The minimum absolute atomic E-state index is 0.347. The van der Waals surface area contributed by atoms with Gasteiger partial charge in [-0.15, -0.1) is 0 Å². The lowest BCUT2D eigenvalue weighted by Gasteiger charge is -2.09. The lowest BCUT2D eigenvalue weighted by Crippen LogP contribution is -2.06. The fourth-order valence-corrected chi connectivity index (χ4v) is 2.19. The smallest absolute Gasteiger partial charge is 0.279 e. The van der Waals surface area contributed by atoms with Crippen molar-refractivity contribution < 1.29 is 9.47 Å². The molecule has 0 bridgehead atoms. The maximum atomic E-state index is 5.88. The van der Waals surface area contributed by atoms with Crippen molar-refractivity contribution >= 4 is 29.4 Å². The standard InChI is InChI=1S/C7H8ClN3O2S/c1-12-5-6(13-2)10-7-4(9-5)11(8)3-14-7/h3H2,1-2H3. The highest BCUT2D eigenvalue weighted by atomic mass is 35.5. The Labute approximate surface area is 90.5 Å². The number of thioether (sulfide) groups is 1. The fraction of sp³-hybridized carbons (Fsp3) is 0.429. The zero-order chi connectivity index (χ0) is 10.1. The molecule has 5 nitrogen and oxygen atoms in total. The van der Waals surface area contributed by atoms with Crippen LogP contribution in [0.5, 0.6) is 11.8 Å². The second kappa shape index (κ2) is 3.70. The lowest BCUT2D eigenvalue weighted by atomic mass is 10.6. The van der Waals surface area contributed by atoms with E-state index in [9.17, 15) is 0 Å². The highest BCUT2D eigenvalue weighted by Gasteiger charge is 2.25. The second-order valence-electron chi connectivity index (χ2n) is 2.51. The number of hydrogen-bond donors (Lipinski definition) is 0. The molecular formula is C7H8ClN3O2S. The molecule has 1 aliphatic heterocycles. The van der Waals surface area contributed by atoms with E-state index in [1.807, 2.05) is 0 Å². The molecule has 14 heavy (non-hydrogen) atoms. The van der Waals surface area contributed by atoms with E-state index >= 15 is 0 Å². The molecule has 1 aromatic heterocycles. The number of aromatic nitrogens is 2. The van der Waals surface area contributed by atoms with Gasteiger partial charge >= 0.3 is 0 Å². The Bertz CT molecular complexity index is 362. The average molecular weight is 234 g/mol. The third kappa shape index (κ3) is 1.44. The fourth-order valence-electron chi connectivity index (χ4n) is 1.08. The van der Waals surface area contributed by atoms with Gasteiger partial charge in [0.25, 0.3) is 11.8 Å². The van der Waals surface area contributed by atoms with Gasteiger partial charge in [0.15, 0.2) is 5.82 Å². The first kappa shape index (κ1) is 9.67. The van der Waals surface area contributed by atoms with Crippen LogP contribution in [0.4, 0.5) is 5.82 Å². The molecule has 76 valence electrons. The van der Waals surface area contributed by atoms with Crippen LogP contribution in [-0.2, 0) is 0 Å². The summed E-state index contributed by atoms with van der Waals surface area (Å²) in [5.41, 5.74) is 0. The van der Waals surface area contributed by atoms with Gasteiger partial charge in [0, 0.05) is 11.8 Å². The monoisotopic (exact) mass is 233 g/mol. The van der Waals surface area contributed by atoms with Crippen molar-refractivity contribution in [2.75, 3.05) is 24.5 Å². The zero-order valence-corrected chi connectivity index (χ0v) is 9.22. The van der Waals surface area contributed by atoms with Gasteiger partial charge in [0.1, 0.15) is 5.03 Å². The van der Waals surface area contributed by atoms with E-state index in [4.69, 9.17) is 21.3 Å². The molecule has 1 aliphatic rings. The molecule has 1 aromatic rings. The van der Waals surface area contributed by atoms with Crippen molar-refractivity contribution in [3.8, 4) is 11.8 Å². The molecular weight excluding hydrogens is 226 g/mol. The van der Waals surface area contributed by atoms with Gasteiger partial charge in [-0.05, 0) is 0 Å². The number of hydrogen-bond acceptors (Lipinski definition) is 6. The van der Waals surface area contributed by atoms with Gasteiger partial charge in [-0.3, -0.25) is 4.42 Å². The van der Waals surface area contributed by atoms with Gasteiger partial charge in [-0.2, -0.15) is 9.97 Å². The molecule has 7 heteroatoms. The van der Waals surface area contributed by atoms with Crippen molar-refractivity contribution in [2.45, 2.75) is 5.03 Å². The summed E-state index contributed by atoms with van der Waals surface area (Å²) in [4.78, 5) is 8.41. The molecule has 0 fully saturated rings. The first-order valence-electron chi connectivity index (χ1n) is 3.82. The number of ether oxygens (including phenoxy) is 2. The summed E-state index contributed by atoms with van der Waals surface area (Å²) in [5, 5.41) is 0.762. The summed E-state index contributed by atoms with van der Waals surface area (Å²) in [6, 6.07) is 0. The number of fused-ring (bicyclic) bond motifs is 1. The summed E-state index contributed by atoms with van der Waals surface area (Å²) in [6.07, 6.45) is 0. The van der Waals surface area contributed by atoms with Crippen molar-refractivity contribution in [3.63, 3.8) is 0 Å². The van der Waals surface area contributed by atoms with Crippen molar-refractivity contribution in [3.05, 3.63) is 0 Å². The number of anilines is 1. The zero-order valence-electron chi connectivity index (χ0n) is 7.65. The van der Waals surface area contributed by atoms with Gasteiger partial charge < -0.3 is 9.47 Å². The Morgan fingerprint density at radius 2 is 1.93 bits per heavy atom. The Hall–Kier alpha value is -0.880. The minimum Gasteiger partial charge on any atom is -0.477 e. The van der Waals surface area contributed by atoms with Crippen LogP contribution in [-0.4, -0.2) is 30.1 Å². The molecule has 0 saturated heterocycles. The number of halogens is 1. The maximum Gasteiger partial charge on any atom is 0.279 e. The topological polar surface area (TPSA) is 47.5 Å². The largest absolute Gasteiger partial charge is 0.477 e. The van der Waals surface area contributed by atoms with Gasteiger partial charge in [-0.1, -0.05) is 11.8 Å². The van der Waals surface area contributed by atoms with Gasteiger partial charge in [-0.25, -0.2) is 0 Å². The van der Waals surface area contributed by atoms with Gasteiger partial charge in [0.2, 0.25) is 0 Å². The Morgan fingerprint density at radius 1 is 1.29 bits per heavy atom. The molecule has 0 N–H and O–H groups in total. The van der Waals surface area contributed by atoms with Crippen LogP contribution in [0.2, 0.25) is 0 Å². The number of nitrogens with zero attached hydrogens (tertiary/aromatic N) is 3. The van der Waals surface area contributed by atoms with E-state index in [0.717, 1.165) is 5.03 Å². The Balaban J connectivity index is 2.49. The molecule has 0 aromatic carbocycles. The van der Waals surface area contributed by atoms with E-state index < -0.39 is 0 Å². The third-order valence-corrected chi connectivity index (χ3v) is 3.07. The van der Waals surface area contributed by atoms with Crippen LogP contribution in [0.3, 0.4) is 0 Å². The van der Waals surface area contributed by atoms with E-state index in [1.54, 1.807) is 0 Å². The predicted octanol–water partition coefficient (Wildman–Crippen LogP) is 1.52. The van der Waals surface area contributed by atoms with Crippen LogP contribution in [0.1, 0.15) is 0 Å². The van der Waals surface area contributed by atoms with E-state index in [2.05, 4.69) is 9.97 Å². The molecule has 2 rings (SSSR count). The van der Waals surface area contributed by atoms with Crippen LogP contribution >= 0.6 is 23.5 Å². The van der Waals surface area contributed by atoms with Crippen LogP contribution in [0.25, 0.3) is 0 Å². The molecule has 2 heterocycles. The Kier molecular flexibility index (Phi) is 2.56. The van der Waals surface area contributed by atoms with Crippen molar-refractivity contribution in [1.29, 1.82) is 0 Å². The first-order valence-corrected chi connectivity index (χ1v) is 5.14. The highest BCUT2D eigenvalue weighted by Crippen LogP contribution is 2.40. The number of rotatable bonds is 2. The predicted molar refractivity (Wildman–Crippen MR) is 54.2 cm³/mol. The quantitative estimate of drug-likeness (QED) is 0.722. The molecule has 0 atom stereocenters. The summed E-state index contributed by atoms with van der Waals surface area (Å²) in [5.74, 6) is 1.98. The summed E-state index contributed by atoms with van der Waals surface area (Å²) in [6.45, 7) is 0. The molecule has 0 aliphatic carbocycles. The normalized spacial score (nSPS) is 14.1. The van der Waals surface area contributed by atoms with Crippen LogP contribution in [0.15, 0.2) is 5.03 Å². The minimum atomic E-state index is 0.347. The second-order valence-corrected chi connectivity index (χ2v) is 3.85. The van der Waals surface area contributed by atoms with E-state index in [0.29, 0.717) is 23.5 Å². The van der Waals surface area contributed by atoms with Crippen LogP contribution < -0.4 is 13.9 Å². The highest BCUT2D eigenvalue weighted by molar-refractivity contribution is 7.99. The first-order chi connectivity index (χ1) is 6.76. The Morgan fingerprint density at radius 3 is 2.57 bits per heavy atom. The summed E-state index contributed by atoms with van der Waals surface area (Å²) < 4.78 is 11.5. The molecule has 0 amide bonds. The van der Waals surface area contributed by atoms with Gasteiger partial charge in [0.05, 0.1) is 20.1 Å². The van der Waals surface area contributed by atoms with Crippen molar-refractivity contribution in [2.24, 2.45) is 0 Å². The number of methoxy groups -OCH3 is 2. The van der Waals surface area contributed by atoms with Crippen LogP contribution in [0, 0.1) is 0 Å². The van der Waals surface area contributed by atoms with E-state index in [1.165, 1.54) is 30.4 Å². The molecule has 0 radical (unpaired) electrons.